The molecular formula is C19H15Cl2FN2O3S2. The van der Waals surface area contributed by atoms with Crippen molar-refractivity contribution in [1.82, 2.24) is 0 Å². The zero-order valence-corrected chi connectivity index (χ0v) is 17.9. The van der Waals surface area contributed by atoms with Gasteiger partial charge in [-0.15, -0.1) is 0 Å². The summed E-state index contributed by atoms with van der Waals surface area (Å²) in [5.41, 5.74) is 6.96. The maximum Gasteiger partial charge on any atom is 0.265 e. The molecule has 0 aliphatic heterocycles. The van der Waals surface area contributed by atoms with Crippen LogP contribution >= 0.6 is 23.2 Å². The number of nitrogens with one attached hydrogen (secondary N) is 1. The molecule has 0 aromatic heterocycles. The zero-order chi connectivity index (χ0) is 21.2. The van der Waals surface area contributed by atoms with E-state index in [1.807, 2.05) is 0 Å². The number of rotatable bonds is 6. The van der Waals surface area contributed by atoms with Crippen molar-refractivity contribution in [3.63, 3.8) is 0 Å². The van der Waals surface area contributed by atoms with E-state index >= 15 is 0 Å². The molecule has 152 valence electrons. The fraction of sp³-hybridized carbons (Fsp3) is 0.0526. The van der Waals surface area contributed by atoms with E-state index < -0.39 is 31.9 Å². The third kappa shape index (κ3) is 5.15. The van der Waals surface area contributed by atoms with Crippen LogP contribution in [-0.4, -0.2) is 13.0 Å². The summed E-state index contributed by atoms with van der Waals surface area (Å²) < 4.78 is 54.8. The number of sulfonamides is 1. The summed E-state index contributed by atoms with van der Waals surface area (Å²) in [5.74, 6) is -0.974. The molecule has 0 fully saturated rings. The van der Waals surface area contributed by atoms with Gasteiger partial charge in [0.1, 0.15) is 16.3 Å². The molecule has 0 radical (unpaired) electrons. The summed E-state index contributed by atoms with van der Waals surface area (Å²) in [6.45, 7) is 0. The van der Waals surface area contributed by atoms with Crippen molar-refractivity contribution in [2.45, 2.75) is 15.5 Å². The van der Waals surface area contributed by atoms with Gasteiger partial charge in [0, 0.05) is 16.3 Å². The lowest BCUT2D eigenvalue weighted by molar-refractivity contribution is 0.570. The van der Waals surface area contributed by atoms with Crippen LogP contribution in [0.4, 0.5) is 15.8 Å². The Bertz CT molecular complexity index is 1160. The van der Waals surface area contributed by atoms with Gasteiger partial charge in [0.05, 0.1) is 5.02 Å². The Hall–Kier alpha value is -1.97. The first-order chi connectivity index (χ1) is 13.7. The number of hydrogen-bond acceptors (Lipinski definition) is 4. The Morgan fingerprint density at radius 1 is 1.07 bits per heavy atom. The number of nitrogen functional groups attached to an aromatic ring is 1. The van der Waals surface area contributed by atoms with E-state index in [4.69, 9.17) is 28.9 Å². The lowest BCUT2D eigenvalue weighted by Crippen LogP contribution is -2.17. The van der Waals surface area contributed by atoms with E-state index in [1.165, 1.54) is 30.3 Å². The molecule has 0 heterocycles. The lowest BCUT2D eigenvalue weighted by Gasteiger charge is -2.16. The molecule has 29 heavy (non-hydrogen) atoms. The molecule has 0 aliphatic carbocycles. The minimum atomic E-state index is -4.34. The van der Waals surface area contributed by atoms with Gasteiger partial charge in [-0.1, -0.05) is 41.4 Å². The Labute approximate surface area is 180 Å². The molecule has 0 saturated heterocycles. The molecule has 3 aromatic carbocycles. The maximum absolute atomic E-state index is 14.2. The SMILES string of the molecule is Nc1cccc(C[S+]([O-])c2ccc(Cl)cc2NS(=O)(=O)c2cccc(Cl)c2F)c1. The second kappa shape index (κ2) is 8.81. The number of hydrogen-bond donors (Lipinski definition) is 2. The Morgan fingerprint density at radius 2 is 1.79 bits per heavy atom. The average Bonchev–Trinajstić information content (AvgIpc) is 2.63. The van der Waals surface area contributed by atoms with Crippen molar-refractivity contribution in [2.24, 2.45) is 0 Å². The molecule has 0 saturated carbocycles. The van der Waals surface area contributed by atoms with Gasteiger partial charge in [-0.2, -0.15) is 0 Å². The first-order valence-electron chi connectivity index (χ1n) is 8.16. The van der Waals surface area contributed by atoms with E-state index in [2.05, 4.69) is 4.72 Å². The van der Waals surface area contributed by atoms with Gasteiger partial charge in [-0.05, 0) is 53.6 Å². The van der Waals surface area contributed by atoms with Gasteiger partial charge in [0.2, 0.25) is 0 Å². The van der Waals surface area contributed by atoms with Gasteiger partial charge >= 0.3 is 0 Å². The van der Waals surface area contributed by atoms with Crippen molar-refractivity contribution in [1.29, 1.82) is 0 Å². The number of halogens is 3. The second-order valence-corrected chi connectivity index (χ2v) is 9.95. The summed E-state index contributed by atoms with van der Waals surface area (Å²) in [4.78, 5) is -0.430. The van der Waals surface area contributed by atoms with Crippen LogP contribution in [-0.2, 0) is 27.0 Å². The molecule has 0 aliphatic rings. The third-order valence-electron chi connectivity index (χ3n) is 3.89. The van der Waals surface area contributed by atoms with Gasteiger partial charge in [0.25, 0.3) is 10.0 Å². The topological polar surface area (TPSA) is 95.2 Å². The van der Waals surface area contributed by atoms with Crippen molar-refractivity contribution in [3.05, 3.63) is 82.1 Å². The van der Waals surface area contributed by atoms with E-state index in [0.29, 0.717) is 11.3 Å². The molecule has 5 nitrogen and oxygen atoms in total. The first kappa shape index (κ1) is 21.7. The largest absolute Gasteiger partial charge is 0.611 e. The highest BCUT2D eigenvalue weighted by atomic mass is 35.5. The fourth-order valence-electron chi connectivity index (χ4n) is 2.58. The minimum Gasteiger partial charge on any atom is -0.611 e. The normalized spacial score (nSPS) is 12.6. The molecule has 0 spiro atoms. The van der Waals surface area contributed by atoms with Gasteiger partial charge < -0.3 is 10.3 Å². The smallest absolute Gasteiger partial charge is 0.265 e. The van der Waals surface area contributed by atoms with Crippen molar-refractivity contribution < 1.29 is 17.4 Å². The molecule has 10 heteroatoms. The van der Waals surface area contributed by atoms with Crippen LogP contribution in [0.5, 0.6) is 0 Å². The highest BCUT2D eigenvalue weighted by molar-refractivity contribution is 7.93. The maximum atomic E-state index is 14.2. The van der Waals surface area contributed by atoms with E-state index in [1.54, 1.807) is 24.3 Å². The third-order valence-corrected chi connectivity index (χ3v) is 7.24. The number of nitrogens with two attached hydrogens (primary N) is 1. The summed E-state index contributed by atoms with van der Waals surface area (Å²) in [6, 6.07) is 14.8. The number of anilines is 2. The van der Waals surface area contributed by atoms with Gasteiger partial charge in [-0.3, -0.25) is 4.72 Å². The first-order valence-corrected chi connectivity index (χ1v) is 11.7. The summed E-state index contributed by atoms with van der Waals surface area (Å²) in [6.07, 6.45) is 0. The fourth-order valence-corrected chi connectivity index (χ4v) is 5.44. The predicted molar refractivity (Wildman–Crippen MR) is 115 cm³/mol. The molecule has 0 amide bonds. The van der Waals surface area contributed by atoms with Crippen molar-refractivity contribution in [3.8, 4) is 0 Å². The summed E-state index contributed by atoms with van der Waals surface area (Å²) in [7, 11) is -4.34. The highest BCUT2D eigenvalue weighted by Gasteiger charge is 2.25. The Kier molecular flexibility index (Phi) is 6.60. The second-order valence-electron chi connectivity index (χ2n) is 6.03. The van der Waals surface area contributed by atoms with Crippen LogP contribution in [0.1, 0.15) is 5.56 Å². The van der Waals surface area contributed by atoms with E-state index in [9.17, 15) is 17.4 Å². The van der Waals surface area contributed by atoms with Crippen LogP contribution in [0.15, 0.2) is 70.5 Å². The zero-order valence-electron chi connectivity index (χ0n) is 14.7. The lowest BCUT2D eigenvalue weighted by atomic mass is 10.2. The highest BCUT2D eigenvalue weighted by Crippen LogP contribution is 2.31. The van der Waals surface area contributed by atoms with Gasteiger partial charge in [0.15, 0.2) is 10.7 Å². The monoisotopic (exact) mass is 472 g/mol. The quantitative estimate of drug-likeness (QED) is 0.396. The summed E-state index contributed by atoms with van der Waals surface area (Å²) >= 11 is 10.0. The Balaban J connectivity index is 1.95. The molecular weight excluding hydrogens is 458 g/mol. The summed E-state index contributed by atoms with van der Waals surface area (Å²) in [5, 5.41) is -0.108. The van der Waals surface area contributed by atoms with Gasteiger partial charge in [-0.25, -0.2) is 12.8 Å². The molecule has 3 aromatic rings. The van der Waals surface area contributed by atoms with Crippen LogP contribution in [0.2, 0.25) is 10.0 Å². The van der Waals surface area contributed by atoms with E-state index in [-0.39, 0.29) is 26.4 Å². The average molecular weight is 473 g/mol. The van der Waals surface area contributed by atoms with Crippen molar-refractivity contribution in [2.75, 3.05) is 10.5 Å². The van der Waals surface area contributed by atoms with E-state index in [0.717, 1.165) is 6.07 Å². The molecule has 1 atom stereocenters. The van der Waals surface area contributed by atoms with Crippen LogP contribution in [0.25, 0.3) is 0 Å². The molecule has 1 unspecified atom stereocenters. The van der Waals surface area contributed by atoms with Crippen LogP contribution in [0, 0.1) is 5.82 Å². The van der Waals surface area contributed by atoms with Crippen LogP contribution in [0.3, 0.4) is 0 Å². The minimum absolute atomic E-state index is 0.0147. The standard InChI is InChI=1S/C19H15Cl2FN2O3S2/c20-13-7-8-17(28(25)11-12-3-1-4-14(23)9-12)16(10-13)24-29(26,27)18-6-2-5-15(21)19(18)22/h1-10,24H,11,23H2. The van der Waals surface area contributed by atoms with Crippen LogP contribution < -0.4 is 10.5 Å². The molecule has 0 bridgehead atoms. The van der Waals surface area contributed by atoms with Crippen molar-refractivity contribution >= 4 is 55.8 Å². The molecule has 3 N–H and O–H groups in total. The predicted octanol–water partition coefficient (Wildman–Crippen LogP) is 4.82. The molecule has 3 rings (SSSR count). The number of benzene rings is 3. The Morgan fingerprint density at radius 3 is 2.52 bits per heavy atom.